The van der Waals surface area contributed by atoms with Gasteiger partial charge in [-0.1, -0.05) is 30.3 Å². The van der Waals surface area contributed by atoms with Crippen LogP contribution in [-0.2, 0) is 21.4 Å². The van der Waals surface area contributed by atoms with Crippen molar-refractivity contribution in [2.24, 2.45) is 5.92 Å². The number of carbonyl (C=O) groups excluding carboxylic acids is 1. The number of aryl methyl sites for hydroxylation is 3. The summed E-state index contributed by atoms with van der Waals surface area (Å²) >= 11 is 0. The molecule has 0 radical (unpaired) electrons. The first-order valence-electron chi connectivity index (χ1n) is 10.5. The second-order valence-electron chi connectivity index (χ2n) is 8.41. The lowest BCUT2D eigenvalue weighted by Crippen LogP contribution is -2.43. The molecule has 1 fully saturated rings. The van der Waals surface area contributed by atoms with Gasteiger partial charge in [-0.25, -0.2) is 8.42 Å². The summed E-state index contributed by atoms with van der Waals surface area (Å²) < 4.78 is 28.3. The molecule has 1 saturated heterocycles. The number of carbonyl (C=O) groups is 1. The zero-order valence-corrected chi connectivity index (χ0v) is 19.4. The Labute approximate surface area is 180 Å². The van der Waals surface area contributed by atoms with Crippen molar-refractivity contribution in [3.8, 4) is 0 Å². The van der Waals surface area contributed by atoms with Crippen LogP contribution in [0.5, 0.6) is 0 Å². The van der Waals surface area contributed by atoms with Gasteiger partial charge in [0.05, 0.1) is 4.90 Å². The molecule has 0 aromatic heterocycles. The Morgan fingerprint density at radius 3 is 2.10 bits per heavy atom. The SMILES string of the molecule is Cc1ccccc1CNC(=O)C1CCN(S(=O)(=O)c2c(C)c(C)cc(C)c2C)CC1. The number of hydrogen-bond donors (Lipinski definition) is 1. The summed E-state index contributed by atoms with van der Waals surface area (Å²) in [4.78, 5) is 13.1. The van der Waals surface area contributed by atoms with Gasteiger partial charge in [-0.05, 0) is 80.8 Å². The zero-order chi connectivity index (χ0) is 22.1. The molecule has 0 bridgehead atoms. The molecule has 1 heterocycles. The van der Waals surface area contributed by atoms with Crippen molar-refractivity contribution < 1.29 is 13.2 Å². The van der Waals surface area contributed by atoms with E-state index >= 15 is 0 Å². The molecule has 0 aliphatic carbocycles. The third-order valence-electron chi connectivity index (χ3n) is 6.43. The fourth-order valence-corrected chi connectivity index (χ4v) is 6.24. The molecule has 0 saturated carbocycles. The van der Waals surface area contributed by atoms with Gasteiger partial charge in [0, 0.05) is 25.6 Å². The highest BCUT2D eigenvalue weighted by molar-refractivity contribution is 7.89. The van der Waals surface area contributed by atoms with Gasteiger partial charge in [-0.3, -0.25) is 4.79 Å². The predicted molar refractivity (Wildman–Crippen MR) is 120 cm³/mol. The van der Waals surface area contributed by atoms with E-state index in [1.165, 1.54) is 0 Å². The largest absolute Gasteiger partial charge is 0.352 e. The van der Waals surface area contributed by atoms with Gasteiger partial charge < -0.3 is 5.32 Å². The van der Waals surface area contributed by atoms with E-state index in [9.17, 15) is 13.2 Å². The summed E-state index contributed by atoms with van der Waals surface area (Å²) in [5, 5.41) is 3.02. The van der Waals surface area contributed by atoms with Crippen LogP contribution in [0.15, 0.2) is 35.2 Å². The maximum Gasteiger partial charge on any atom is 0.243 e. The summed E-state index contributed by atoms with van der Waals surface area (Å²) in [6.07, 6.45) is 1.09. The molecule has 1 aliphatic heterocycles. The number of piperidine rings is 1. The van der Waals surface area contributed by atoms with Crippen LogP contribution in [-0.4, -0.2) is 31.7 Å². The number of amides is 1. The third kappa shape index (κ3) is 4.44. The number of sulfonamides is 1. The summed E-state index contributed by atoms with van der Waals surface area (Å²) in [7, 11) is -3.58. The third-order valence-corrected chi connectivity index (χ3v) is 8.61. The number of rotatable bonds is 5. The smallest absolute Gasteiger partial charge is 0.243 e. The lowest BCUT2D eigenvalue weighted by Gasteiger charge is -2.32. The standard InChI is InChI=1S/C24H32N2O3S/c1-16-8-6-7-9-22(16)15-25-24(27)21-10-12-26(13-11-21)30(28,29)23-19(4)17(2)14-18(3)20(23)5/h6-9,14,21H,10-13,15H2,1-5H3,(H,25,27). The molecule has 2 aromatic carbocycles. The van der Waals surface area contributed by atoms with Crippen LogP contribution < -0.4 is 5.32 Å². The Kier molecular flexibility index (Phi) is 6.68. The Bertz CT molecular complexity index is 1030. The van der Waals surface area contributed by atoms with Gasteiger partial charge in [0.25, 0.3) is 0 Å². The van der Waals surface area contributed by atoms with Gasteiger partial charge in [0.1, 0.15) is 0 Å². The Balaban J connectivity index is 1.67. The van der Waals surface area contributed by atoms with Crippen molar-refractivity contribution in [1.29, 1.82) is 0 Å². The molecule has 5 nitrogen and oxygen atoms in total. The first-order valence-corrected chi connectivity index (χ1v) is 12.0. The highest BCUT2D eigenvalue weighted by Crippen LogP contribution is 2.31. The molecule has 1 N–H and O–H groups in total. The van der Waals surface area contributed by atoms with Crippen LogP contribution in [0.3, 0.4) is 0 Å². The molecule has 162 valence electrons. The van der Waals surface area contributed by atoms with E-state index in [0.29, 0.717) is 37.4 Å². The van der Waals surface area contributed by atoms with Crippen LogP contribution >= 0.6 is 0 Å². The highest BCUT2D eigenvalue weighted by Gasteiger charge is 2.34. The van der Waals surface area contributed by atoms with Crippen molar-refractivity contribution in [3.05, 3.63) is 63.7 Å². The minimum Gasteiger partial charge on any atom is -0.352 e. The molecule has 30 heavy (non-hydrogen) atoms. The number of nitrogens with zero attached hydrogens (tertiary/aromatic N) is 1. The van der Waals surface area contributed by atoms with Crippen LogP contribution in [0.1, 0.15) is 46.2 Å². The van der Waals surface area contributed by atoms with Gasteiger partial charge in [0.2, 0.25) is 15.9 Å². The van der Waals surface area contributed by atoms with E-state index in [-0.39, 0.29) is 11.8 Å². The first kappa shape index (κ1) is 22.5. The molecule has 3 rings (SSSR count). The normalized spacial score (nSPS) is 15.9. The molecule has 6 heteroatoms. The number of nitrogens with one attached hydrogen (secondary N) is 1. The summed E-state index contributed by atoms with van der Waals surface area (Å²) in [5.41, 5.74) is 5.86. The monoisotopic (exact) mass is 428 g/mol. The first-order chi connectivity index (χ1) is 14.1. The maximum atomic E-state index is 13.4. The number of benzene rings is 2. The second-order valence-corrected chi connectivity index (χ2v) is 10.3. The average molecular weight is 429 g/mol. The summed E-state index contributed by atoms with van der Waals surface area (Å²) in [5.74, 6) is -0.143. The number of hydrogen-bond acceptors (Lipinski definition) is 3. The molecule has 1 amide bonds. The quantitative estimate of drug-likeness (QED) is 0.784. The predicted octanol–water partition coefficient (Wildman–Crippen LogP) is 3.95. The van der Waals surface area contributed by atoms with E-state index in [4.69, 9.17) is 0 Å². The van der Waals surface area contributed by atoms with E-state index in [1.807, 2.05) is 65.0 Å². The zero-order valence-electron chi connectivity index (χ0n) is 18.6. The lowest BCUT2D eigenvalue weighted by molar-refractivity contribution is -0.126. The summed E-state index contributed by atoms with van der Waals surface area (Å²) in [6, 6.07) is 10.0. The maximum absolute atomic E-state index is 13.4. The van der Waals surface area contributed by atoms with E-state index in [1.54, 1.807) is 4.31 Å². The van der Waals surface area contributed by atoms with Crippen LogP contribution in [0.4, 0.5) is 0 Å². The van der Waals surface area contributed by atoms with Gasteiger partial charge in [-0.2, -0.15) is 4.31 Å². The van der Waals surface area contributed by atoms with Gasteiger partial charge in [-0.15, -0.1) is 0 Å². The fraction of sp³-hybridized carbons (Fsp3) is 0.458. The molecular weight excluding hydrogens is 396 g/mol. The lowest BCUT2D eigenvalue weighted by atomic mass is 9.97. The van der Waals surface area contributed by atoms with Crippen molar-refractivity contribution in [1.82, 2.24) is 9.62 Å². The van der Waals surface area contributed by atoms with Crippen molar-refractivity contribution >= 4 is 15.9 Å². The molecule has 0 atom stereocenters. The minimum absolute atomic E-state index is 0.00839. The highest BCUT2D eigenvalue weighted by atomic mass is 32.2. The second kappa shape index (κ2) is 8.90. The van der Waals surface area contributed by atoms with Crippen molar-refractivity contribution in [3.63, 3.8) is 0 Å². The average Bonchev–Trinajstić information content (AvgIpc) is 2.71. The Morgan fingerprint density at radius 2 is 1.53 bits per heavy atom. The van der Waals surface area contributed by atoms with E-state index < -0.39 is 10.0 Å². The van der Waals surface area contributed by atoms with Crippen LogP contribution in [0.25, 0.3) is 0 Å². The summed E-state index contributed by atoms with van der Waals surface area (Å²) in [6.45, 7) is 10.9. The van der Waals surface area contributed by atoms with Crippen molar-refractivity contribution in [2.75, 3.05) is 13.1 Å². The Morgan fingerprint density at radius 1 is 0.967 bits per heavy atom. The van der Waals surface area contributed by atoms with Crippen molar-refractivity contribution in [2.45, 2.75) is 58.9 Å². The molecule has 1 aliphatic rings. The van der Waals surface area contributed by atoms with Gasteiger partial charge in [0.15, 0.2) is 0 Å². The topological polar surface area (TPSA) is 66.5 Å². The van der Waals surface area contributed by atoms with Gasteiger partial charge >= 0.3 is 0 Å². The Hall–Kier alpha value is -2.18. The minimum atomic E-state index is -3.58. The van der Waals surface area contributed by atoms with E-state index in [2.05, 4.69) is 5.32 Å². The van der Waals surface area contributed by atoms with E-state index in [0.717, 1.165) is 33.4 Å². The molecule has 0 spiro atoms. The molecule has 2 aromatic rings. The fourth-order valence-electron chi connectivity index (χ4n) is 4.19. The molecular formula is C24H32N2O3S. The molecule has 0 unspecified atom stereocenters. The van der Waals surface area contributed by atoms with Crippen LogP contribution in [0.2, 0.25) is 0 Å². The van der Waals surface area contributed by atoms with Crippen LogP contribution in [0, 0.1) is 40.5 Å².